The van der Waals surface area contributed by atoms with Gasteiger partial charge in [-0.3, -0.25) is 9.48 Å². The van der Waals surface area contributed by atoms with Gasteiger partial charge in [-0.25, -0.2) is 4.39 Å². The number of rotatable bonds is 6. The minimum atomic E-state index is -1.43. The summed E-state index contributed by atoms with van der Waals surface area (Å²) in [6.45, 7) is -0.163. The average molecular weight is 291 g/mol. The monoisotopic (exact) mass is 291 g/mol. The average Bonchev–Trinajstić information content (AvgIpc) is 2.87. The molecule has 0 spiro atoms. The molecule has 0 aliphatic carbocycles. The first kappa shape index (κ1) is 15.2. The third-order valence-electron chi connectivity index (χ3n) is 3.75. The van der Waals surface area contributed by atoms with Crippen LogP contribution in [0.2, 0.25) is 0 Å². The maximum absolute atomic E-state index is 14.0. The highest BCUT2D eigenvalue weighted by atomic mass is 19.1. The van der Waals surface area contributed by atoms with Gasteiger partial charge in [-0.05, 0) is 24.5 Å². The fourth-order valence-electron chi connectivity index (χ4n) is 2.46. The number of nitrogens with zero attached hydrogens (tertiary/aromatic N) is 2. The van der Waals surface area contributed by atoms with Crippen LogP contribution in [0, 0.1) is 5.82 Å². The molecule has 0 fully saturated rings. The third-order valence-corrected chi connectivity index (χ3v) is 3.75. The van der Waals surface area contributed by atoms with E-state index in [1.807, 2.05) is 6.20 Å². The lowest BCUT2D eigenvalue weighted by Gasteiger charge is -2.28. The molecule has 0 bridgehead atoms. The Bertz CT molecular complexity index is 641. The maximum atomic E-state index is 14.0. The van der Waals surface area contributed by atoms with E-state index in [9.17, 15) is 14.3 Å². The zero-order valence-electron chi connectivity index (χ0n) is 11.8. The van der Waals surface area contributed by atoms with Gasteiger partial charge in [0.25, 0.3) is 0 Å². The van der Waals surface area contributed by atoms with Crippen LogP contribution in [-0.2, 0) is 23.7 Å². The Hall–Kier alpha value is -2.21. The Balaban J connectivity index is 2.33. The molecule has 1 heterocycles. The van der Waals surface area contributed by atoms with Crippen molar-refractivity contribution >= 4 is 5.97 Å². The van der Waals surface area contributed by atoms with Gasteiger partial charge in [0.2, 0.25) is 0 Å². The first-order chi connectivity index (χ1) is 9.99. The highest BCUT2D eigenvalue weighted by molar-refractivity contribution is 5.82. The van der Waals surface area contributed by atoms with Crippen LogP contribution in [0.1, 0.15) is 17.5 Å². The molecular weight excluding hydrogens is 273 g/mol. The maximum Gasteiger partial charge on any atom is 0.315 e. The lowest BCUT2D eigenvalue weighted by Crippen LogP contribution is -2.44. The Kier molecular flexibility index (Phi) is 4.37. The van der Waals surface area contributed by atoms with E-state index in [1.165, 1.54) is 18.2 Å². The number of hydrogen-bond donors (Lipinski definition) is 2. The second-order valence-corrected chi connectivity index (χ2v) is 5.09. The molecule has 21 heavy (non-hydrogen) atoms. The van der Waals surface area contributed by atoms with Crippen LogP contribution in [0.4, 0.5) is 4.39 Å². The number of carboxylic acid groups (broad SMARTS) is 1. The number of benzene rings is 1. The van der Waals surface area contributed by atoms with E-state index >= 15 is 0 Å². The second-order valence-electron chi connectivity index (χ2n) is 5.09. The van der Waals surface area contributed by atoms with E-state index < -0.39 is 17.2 Å². The van der Waals surface area contributed by atoms with Gasteiger partial charge in [0.1, 0.15) is 11.2 Å². The van der Waals surface area contributed by atoms with E-state index in [0.29, 0.717) is 6.42 Å². The van der Waals surface area contributed by atoms with Crippen molar-refractivity contribution in [2.24, 2.45) is 12.8 Å². The van der Waals surface area contributed by atoms with Crippen LogP contribution in [0.25, 0.3) is 0 Å². The van der Waals surface area contributed by atoms with Gasteiger partial charge in [0.05, 0.1) is 6.20 Å². The second kappa shape index (κ2) is 6.05. The molecule has 1 unspecified atom stereocenters. The van der Waals surface area contributed by atoms with E-state index in [0.717, 1.165) is 5.56 Å². The summed E-state index contributed by atoms with van der Waals surface area (Å²) in [5, 5.41) is 13.7. The molecule has 0 aliphatic heterocycles. The van der Waals surface area contributed by atoms with E-state index in [2.05, 4.69) is 5.10 Å². The molecule has 0 saturated carbocycles. The number of aryl methyl sites for hydroxylation is 2. The van der Waals surface area contributed by atoms with Crippen molar-refractivity contribution in [1.82, 2.24) is 9.78 Å². The lowest BCUT2D eigenvalue weighted by atomic mass is 9.76. The van der Waals surface area contributed by atoms with Gasteiger partial charge in [0.15, 0.2) is 0 Å². The molecule has 3 N–H and O–H groups in total. The molecule has 112 valence electrons. The van der Waals surface area contributed by atoms with Crippen molar-refractivity contribution in [2.75, 3.05) is 6.54 Å². The van der Waals surface area contributed by atoms with E-state index in [4.69, 9.17) is 5.73 Å². The van der Waals surface area contributed by atoms with Gasteiger partial charge < -0.3 is 10.8 Å². The Labute approximate surface area is 122 Å². The van der Waals surface area contributed by atoms with Crippen LogP contribution in [-0.4, -0.2) is 27.4 Å². The summed E-state index contributed by atoms with van der Waals surface area (Å²) in [6, 6.07) is 5.89. The minimum absolute atomic E-state index is 0.129. The zero-order valence-corrected chi connectivity index (χ0v) is 11.8. The van der Waals surface area contributed by atoms with Crippen molar-refractivity contribution < 1.29 is 14.3 Å². The fraction of sp³-hybridized carbons (Fsp3) is 0.333. The molecular formula is C15H18FN3O2. The smallest absolute Gasteiger partial charge is 0.315 e. The summed E-state index contributed by atoms with van der Waals surface area (Å²) in [6.07, 6.45) is 4.16. The first-order valence-electron chi connectivity index (χ1n) is 6.65. The predicted octanol–water partition coefficient (Wildman–Crippen LogP) is 1.47. The number of aliphatic carboxylic acids is 1. The highest BCUT2D eigenvalue weighted by Crippen LogP contribution is 2.31. The minimum Gasteiger partial charge on any atom is -0.481 e. The highest BCUT2D eigenvalue weighted by Gasteiger charge is 2.40. The largest absolute Gasteiger partial charge is 0.481 e. The molecule has 6 heteroatoms. The zero-order chi connectivity index (χ0) is 15.5. The Morgan fingerprint density at radius 2 is 2.19 bits per heavy atom. The molecule has 2 rings (SSSR count). The summed E-state index contributed by atoms with van der Waals surface area (Å²) in [5.74, 6) is -1.66. The molecule has 5 nitrogen and oxygen atoms in total. The normalized spacial score (nSPS) is 13.9. The summed E-state index contributed by atoms with van der Waals surface area (Å²) in [4.78, 5) is 11.8. The first-order valence-corrected chi connectivity index (χ1v) is 6.65. The molecule has 1 atom stereocenters. The number of carbonyl (C=O) groups is 1. The van der Waals surface area contributed by atoms with E-state index in [-0.39, 0.29) is 18.5 Å². The van der Waals surface area contributed by atoms with Gasteiger partial charge in [0, 0.05) is 25.4 Å². The van der Waals surface area contributed by atoms with E-state index in [1.54, 1.807) is 24.0 Å². The van der Waals surface area contributed by atoms with Crippen molar-refractivity contribution in [3.8, 4) is 0 Å². The van der Waals surface area contributed by atoms with Crippen LogP contribution >= 0.6 is 0 Å². The predicted molar refractivity (Wildman–Crippen MR) is 76.3 cm³/mol. The summed E-state index contributed by atoms with van der Waals surface area (Å²) >= 11 is 0. The van der Waals surface area contributed by atoms with Crippen molar-refractivity contribution in [2.45, 2.75) is 18.3 Å². The van der Waals surface area contributed by atoms with Crippen molar-refractivity contribution in [3.05, 3.63) is 53.6 Å². The molecule has 1 aromatic heterocycles. The molecule has 0 saturated heterocycles. The summed E-state index contributed by atoms with van der Waals surface area (Å²) < 4.78 is 15.7. The van der Waals surface area contributed by atoms with Crippen molar-refractivity contribution in [1.29, 1.82) is 0 Å². The van der Waals surface area contributed by atoms with Crippen molar-refractivity contribution in [3.63, 3.8) is 0 Å². The van der Waals surface area contributed by atoms with Gasteiger partial charge in [-0.2, -0.15) is 5.10 Å². The lowest BCUT2D eigenvalue weighted by molar-refractivity contribution is -0.143. The quantitative estimate of drug-likeness (QED) is 0.844. The summed E-state index contributed by atoms with van der Waals surface area (Å²) in [5.41, 5.74) is 5.31. The van der Waals surface area contributed by atoms with Gasteiger partial charge >= 0.3 is 5.97 Å². The number of halogens is 1. The Morgan fingerprint density at radius 3 is 2.71 bits per heavy atom. The van der Waals surface area contributed by atoms with Crippen LogP contribution in [0.5, 0.6) is 0 Å². The van der Waals surface area contributed by atoms with Gasteiger partial charge in [-0.1, -0.05) is 18.2 Å². The number of carboxylic acids is 1. The molecule has 0 aliphatic rings. The van der Waals surface area contributed by atoms with Crippen LogP contribution < -0.4 is 5.73 Å². The fourth-order valence-corrected chi connectivity index (χ4v) is 2.46. The summed E-state index contributed by atoms with van der Waals surface area (Å²) in [7, 11) is 1.79. The number of nitrogens with two attached hydrogens (primary N) is 1. The molecule has 1 aromatic carbocycles. The van der Waals surface area contributed by atoms with Crippen LogP contribution in [0.3, 0.4) is 0 Å². The molecule has 2 aromatic rings. The number of aromatic nitrogens is 2. The van der Waals surface area contributed by atoms with Gasteiger partial charge in [-0.15, -0.1) is 0 Å². The Morgan fingerprint density at radius 1 is 1.48 bits per heavy atom. The molecule has 0 radical (unpaired) electrons. The SMILES string of the molecule is Cn1cc(CCC(CN)(C(=O)O)c2ccccc2F)cn1. The van der Waals surface area contributed by atoms with Crippen LogP contribution in [0.15, 0.2) is 36.7 Å². The standard InChI is InChI=1S/C15H18FN3O2/c1-19-9-11(8-18-19)6-7-15(10-17,14(20)21)12-4-2-3-5-13(12)16/h2-5,8-9H,6-7,10,17H2,1H3,(H,20,21). The molecule has 0 amide bonds. The topological polar surface area (TPSA) is 81.1 Å². The number of hydrogen-bond acceptors (Lipinski definition) is 3. The third kappa shape index (κ3) is 2.95.